The first-order valence-electron chi connectivity index (χ1n) is 11.6. The van der Waals surface area contributed by atoms with Gasteiger partial charge in [-0.2, -0.15) is 0 Å². The van der Waals surface area contributed by atoms with Crippen LogP contribution in [0, 0.1) is 11.6 Å². The van der Waals surface area contributed by atoms with E-state index >= 15 is 4.39 Å². The first-order valence-corrected chi connectivity index (χ1v) is 11.6. The molecule has 37 heavy (non-hydrogen) atoms. The highest BCUT2D eigenvalue weighted by Gasteiger charge is 2.36. The molecule has 0 spiro atoms. The van der Waals surface area contributed by atoms with E-state index in [9.17, 15) is 14.0 Å². The summed E-state index contributed by atoms with van der Waals surface area (Å²) < 4.78 is 39.2. The summed E-state index contributed by atoms with van der Waals surface area (Å²) in [5.41, 5.74) is 2.47. The van der Waals surface area contributed by atoms with Crippen molar-refractivity contribution in [3.63, 3.8) is 0 Å². The highest BCUT2D eigenvalue weighted by Crippen LogP contribution is 2.46. The molecule has 0 amide bonds. The molecular weight excluding hydrogens is 478 g/mol. The maximum Gasteiger partial charge on any atom is 0.331 e. The van der Waals surface area contributed by atoms with Crippen LogP contribution in [-0.4, -0.2) is 20.8 Å². The fourth-order valence-electron chi connectivity index (χ4n) is 5.22. The largest absolute Gasteiger partial charge is 0.497 e. The van der Waals surface area contributed by atoms with Crippen molar-refractivity contribution in [3.05, 3.63) is 110 Å². The number of methoxy groups -OCH3 is 1. The Labute approximate surface area is 209 Å². The summed E-state index contributed by atoms with van der Waals surface area (Å²) in [5, 5.41) is 3.62. The number of aryl methyl sites for hydroxylation is 1. The molecule has 9 heteroatoms. The minimum absolute atomic E-state index is 0.0598. The number of benzene rings is 3. The van der Waals surface area contributed by atoms with Gasteiger partial charge in [0.1, 0.15) is 5.75 Å². The molecule has 0 saturated carbocycles. The van der Waals surface area contributed by atoms with Gasteiger partial charge in [-0.1, -0.05) is 24.3 Å². The zero-order chi connectivity index (χ0) is 26.0. The summed E-state index contributed by atoms with van der Waals surface area (Å²) in [6.07, 6.45) is 0. The number of nitrogens with zero attached hydrogens (tertiary/aromatic N) is 3. The van der Waals surface area contributed by atoms with Crippen LogP contribution < -0.4 is 21.3 Å². The van der Waals surface area contributed by atoms with Crippen LogP contribution in [0.2, 0.25) is 0 Å². The normalized spacial score (nSPS) is 14.2. The first-order chi connectivity index (χ1) is 17.8. The fraction of sp³-hybridized carbons (Fsp3) is 0.143. The number of hydrogen-bond donors (Lipinski definition) is 1. The Morgan fingerprint density at radius 1 is 0.892 bits per heavy atom. The van der Waals surface area contributed by atoms with Gasteiger partial charge in [-0.25, -0.2) is 13.6 Å². The summed E-state index contributed by atoms with van der Waals surface area (Å²) in [4.78, 5) is 26.7. The van der Waals surface area contributed by atoms with Crippen LogP contribution in [0.1, 0.15) is 17.3 Å². The summed E-state index contributed by atoms with van der Waals surface area (Å²) in [6.45, 7) is 0. The number of fused-ring (bicyclic) bond motifs is 5. The van der Waals surface area contributed by atoms with Crippen LogP contribution in [-0.2, 0) is 14.1 Å². The molecule has 3 aromatic carbocycles. The molecule has 6 rings (SSSR count). The van der Waals surface area contributed by atoms with Gasteiger partial charge in [-0.3, -0.25) is 13.9 Å². The van der Waals surface area contributed by atoms with Gasteiger partial charge in [-0.15, -0.1) is 0 Å². The number of para-hydroxylation sites is 2. The van der Waals surface area contributed by atoms with E-state index in [-0.39, 0.29) is 5.56 Å². The molecule has 3 heterocycles. The Morgan fingerprint density at radius 3 is 2.35 bits per heavy atom. The van der Waals surface area contributed by atoms with Crippen molar-refractivity contribution in [1.29, 1.82) is 0 Å². The van der Waals surface area contributed by atoms with Crippen LogP contribution in [0.3, 0.4) is 0 Å². The highest BCUT2D eigenvalue weighted by atomic mass is 19.2. The van der Waals surface area contributed by atoms with Gasteiger partial charge in [0, 0.05) is 19.7 Å². The Morgan fingerprint density at radius 2 is 1.62 bits per heavy atom. The first kappa shape index (κ1) is 22.8. The number of ether oxygens (including phenoxy) is 1. The Bertz CT molecular complexity index is 1830. The van der Waals surface area contributed by atoms with Crippen molar-refractivity contribution in [2.75, 3.05) is 12.4 Å². The fourth-order valence-corrected chi connectivity index (χ4v) is 5.22. The molecule has 0 bridgehead atoms. The van der Waals surface area contributed by atoms with Crippen LogP contribution in [0.15, 0.2) is 76.3 Å². The van der Waals surface area contributed by atoms with Crippen LogP contribution >= 0.6 is 0 Å². The smallest absolute Gasteiger partial charge is 0.331 e. The van der Waals surface area contributed by atoms with Crippen molar-refractivity contribution in [2.45, 2.75) is 6.04 Å². The zero-order valence-electron chi connectivity index (χ0n) is 20.3. The monoisotopic (exact) mass is 500 g/mol. The van der Waals surface area contributed by atoms with E-state index < -0.39 is 28.9 Å². The highest BCUT2D eigenvalue weighted by molar-refractivity contribution is 5.99. The molecule has 0 unspecified atom stereocenters. The number of nitrogens with one attached hydrogen (secondary N) is 1. The van der Waals surface area contributed by atoms with Gasteiger partial charge < -0.3 is 14.6 Å². The van der Waals surface area contributed by atoms with Gasteiger partial charge in [-0.05, 0) is 48.0 Å². The van der Waals surface area contributed by atoms with Crippen molar-refractivity contribution in [1.82, 2.24) is 13.7 Å². The van der Waals surface area contributed by atoms with Gasteiger partial charge >= 0.3 is 5.69 Å². The maximum absolute atomic E-state index is 15.2. The number of anilines is 1. The minimum Gasteiger partial charge on any atom is -0.497 e. The second kappa shape index (κ2) is 8.19. The molecule has 7 nitrogen and oxygen atoms in total. The van der Waals surface area contributed by atoms with Crippen LogP contribution in [0.25, 0.3) is 27.8 Å². The molecule has 186 valence electrons. The van der Waals surface area contributed by atoms with Crippen molar-refractivity contribution >= 4 is 16.6 Å². The summed E-state index contributed by atoms with van der Waals surface area (Å²) >= 11 is 0. The maximum atomic E-state index is 15.2. The topological polar surface area (TPSA) is 70.2 Å². The molecule has 0 radical (unpaired) electrons. The molecule has 5 aromatic rings. The number of rotatable bonds is 3. The average molecular weight is 501 g/mol. The van der Waals surface area contributed by atoms with E-state index in [4.69, 9.17) is 4.74 Å². The Balaban J connectivity index is 1.85. The molecule has 1 atom stereocenters. The predicted molar refractivity (Wildman–Crippen MR) is 138 cm³/mol. The lowest BCUT2D eigenvalue weighted by Crippen LogP contribution is -2.37. The van der Waals surface area contributed by atoms with Crippen molar-refractivity contribution in [2.24, 2.45) is 14.1 Å². The van der Waals surface area contributed by atoms with E-state index in [1.165, 1.54) is 23.7 Å². The van der Waals surface area contributed by atoms with E-state index in [1.54, 1.807) is 26.3 Å². The van der Waals surface area contributed by atoms with Crippen molar-refractivity contribution in [3.8, 4) is 22.7 Å². The number of aromatic nitrogens is 3. The zero-order valence-corrected chi connectivity index (χ0v) is 20.3. The summed E-state index contributed by atoms with van der Waals surface area (Å²) in [6, 6.07) is 17.7. The lowest BCUT2D eigenvalue weighted by molar-refractivity contribution is 0.415. The molecular formula is C28H22F2N4O3. The van der Waals surface area contributed by atoms with Crippen LogP contribution in [0.4, 0.5) is 14.5 Å². The molecule has 2 aromatic heterocycles. The predicted octanol–water partition coefficient (Wildman–Crippen LogP) is 4.50. The van der Waals surface area contributed by atoms with Crippen LogP contribution in [0.5, 0.6) is 5.75 Å². The molecule has 0 aliphatic carbocycles. The van der Waals surface area contributed by atoms with E-state index in [0.29, 0.717) is 45.0 Å². The van der Waals surface area contributed by atoms with E-state index in [2.05, 4.69) is 5.32 Å². The van der Waals surface area contributed by atoms with Gasteiger partial charge in [0.15, 0.2) is 11.6 Å². The summed E-state index contributed by atoms with van der Waals surface area (Å²) in [5.74, 6) is -1.35. The quantitative estimate of drug-likeness (QED) is 0.396. The van der Waals surface area contributed by atoms with E-state index in [1.807, 2.05) is 41.0 Å². The van der Waals surface area contributed by atoms with Gasteiger partial charge in [0.2, 0.25) is 0 Å². The Hall–Kier alpha value is -4.66. The lowest BCUT2D eigenvalue weighted by atomic mass is 9.98. The lowest BCUT2D eigenvalue weighted by Gasteiger charge is -2.31. The second-order valence-corrected chi connectivity index (χ2v) is 8.96. The number of hydrogen-bond acceptors (Lipinski definition) is 4. The summed E-state index contributed by atoms with van der Waals surface area (Å²) in [7, 11) is 4.56. The van der Waals surface area contributed by atoms with Gasteiger partial charge in [0.25, 0.3) is 5.56 Å². The number of halogens is 2. The standard InChI is InChI=1S/C28H22F2N4O3/c1-32-25-21(27(35)33(2)28(32)36)24(15-11-13-16(37-3)14-12-15)34-20-10-5-4-9-19(20)31-23(26(25)34)17-7-6-8-18(29)22(17)30/h4-14,23,31H,1-3H3/t23-/m0/s1. The average Bonchev–Trinajstić information content (AvgIpc) is 3.28. The second-order valence-electron chi connectivity index (χ2n) is 8.96. The Kier molecular flexibility index (Phi) is 5.04. The van der Waals surface area contributed by atoms with E-state index in [0.717, 1.165) is 10.6 Å². The van der Waals surface area contributed by atoms with Crippen molar-refractivity contribution < 1.29 is 13.5 Å². The molecule has 0 fully saturated rings. The molecule has 1 aliphatic rings. The molecule has 0 saturated heterocycles. The SMILES string of the molecule is COc1ccc(-c2c3c(=O)n(C)c(=O)n(C)c3c3n2-c2ccccc2N[C@H]3c2cccc(F)c2F)cc1. The third-order valence-electron chi connectivity index (χ3n) is 6.98. The molecule has 1 N–H and O–H groups in total. The minimum atomic E-state index is -1.000. The third kappa shape index (κ3) is 3.16. The molecule has 1 aliphatic heterocycles. The van der Waals surface area contributed by atoms with Gasteiger partial charge in [0.05, 0.1) is 46.8 Å². The third-order valence-corrected chi connectivity index (χ3v) is 6.98.